The first kappa shape index (κ1) is 10.6. The molecule has 1 aliphatic carbocycles. The van der Waals surface area contributed by atoms with E-state index in [2.05, 4.69) is 18.2 Å². The monoisotopic (exact) mass is 228 g/mol. The van der Waals surface area contributed by atoms with Crippen molar-refractivity contribution >= 4 is 11.4 Å². The highest BCUT2D eigenvalue weighted by molar-refractivity contribution is 5.99. The third-order valence-electron chi connectivity index (χ3n) is 3.48. The summed E-state index contributed by atoms with van der Waals surface area (Å²) in [7, 11) is 0. The largest absolute Gasteiger partial charge is 0.493 e. The van der Waals surface area contributed by atoms with Gasteiger partial charge in [-0.2, -0.15) is 0 Å². The molecule has 2 nitrogen and oxygen atoms in total. The van der Waals surface area contributed by atoms with Gasteiger partial charge in [0.15, 0.2) is 5.78 Å². The van der Waals surface area contributed by atoms with E-state index in [1.54, 1.807) is 6.08 Å². The van der Waals surface area contributed by atoms with Crippen molar-refractivity contribution in [2.45, 2.75) is 32.1 Å². The summed E-state index contributed by atoms with van der Waals surface area (Å²) in [4.78, 5) is 11.5. The van der Waals surface area contributed by atoms with Crippen molar-refractivity contribution < 1.29 is 9.53 Å². The number of benzene rings is 1. The maximum Gasteiger partial charge on any atom is 0.155 e. The summed E-state index contributed by atoms with van der Waals surface area (Å²) in [6.07, 6.45) is 6.63. The zero-order chi connectivity index (χ0) is 11.7. The Kier molecular flexibility index (Phi) is 2.71. The number of para-hydroxylation sites is 1. The molecule has 0 saturated carbocycles. The molecule has 0 radical (unpaired) electrons. The molecule has 2 heteroatoms. The number of ketones is 1. The lowest BCUT2D eigenvalue weighted by atomic mass is 9.90. The molecule has 0 atom stereocenters. The van der Waals surface area contributed by atoms with Crippen LogP contribution < -0.4 is 4.74 Å². The van der Waals surface area contributed by atoms with Crippen LogP contribution in [0.15, 0.2) is 24.3 Å². The molecule has 2 aliphatic rings. The molecule has 3 rings (SSSR count). The molecule has 0 aromatic heterocycles. The first-order valence-electron chi connectivity index (χ1n) is 6.33. The first-order chi connectivity index (χ1) is 8.34. The molecule has 1 aromatic carbocycles. The van der Waals surface area contributed by atoms with Crippen LogP contribution in [0.2, 0.25) is 0 Å². The fraction of sp³-hybridized carbons (Fsp3) is 0.400. The first-order valence-corrected chi connectivity index (χ1v) is 6.33. The Balaban J connectivity index is 2.05. The van der Waals surface area contributed by atoms with Crippen molar-refractivity contribution in [3.05, 3.63) is 35.4 Å². The minimum Gasteiger partial charge on any atom is -0.493 e. The molecule has 0 bridgehead atoms. The van der Waals surface area contributed by atoms with Gasteiger partial charge >= 0.3 is 0 Å². The second-order valence-electron chi connectivity index (χ2n) is 4.74. The Morgan fingerprint density at radius 3 is 2.88 bits per heavy atom. The van der Waals surface area contributed by atoms with E-state index >= 15 is 0 Å². The van der Waals surface area contributed by atoms with Crippen LogP contribution in [0.25, 0.3) is 5.57 Å². The number of aryl methyl sites for hydroxylation is 1. The number of rotatable bonds is 1. The van der Waals surface area contributed by atoms with Crippen LogP contribution in [0.4, 0.5) is 0 Å². The molecule has 17 heavy (non-hydrogen) atoms. The average Bonchev–Trinajstić information content (AvgIpc) is 2.38. The Hall–Kier alpha value is -1.57. The van der Waals surface area contributed by atoms with Crippen molar-refractivity contribution in [2.75, 3.05) is 6.61 Å². The molecule has 0 N–H and O–H groups in total. The van der Waals surface area contributed by atoms with Crippen LogP contribution in [0, 0.1) is 0 Å². The zero-order valence-corrected chi connectivity index (χ0v) is 9.87. The van der Waals surface area contributed by atoms with E-state index in [0.717, 1.165) is 49.2 Å². The molecule has 1 aromatic rings. The van der Waals surface area contributed by atoms with E-state index in [1.807, 2.05) is 0 Å². The number of hydrogen-bond donors (Lipinski definition) is 0. The van der Waals surface area contributed by atoms with Gasteiger partial charge in [-0.05, 0) is 42.9 Å². The highest BCUT2D eigenvalue weighted by atomic mass is 16.5. The topological polar surface area (TPSA) is 26.3 Å². The van der Waals surface area contributed by atoms with Crippen molar-refractivity contribution in [3.63, 3.8) is 0 Å². The summed E-state index contributed by atoms with van der Waals surface area (Å²) >= 11 is 0. The lowest BCUT2D eigenvalue weighted by Crippen LogP contribution is -2.11. The lowest BCUT2D eigenvalue weighted by molar-refractivity contribution is -0.114. The highest BCUT2D eigenvalue weighted by Gasteiger charge is 2.19. The van der Waals surface area contributed by atoms with E-state index in [1.165, 1.54) is 5.56 Å². The third kappa shape index (κ3) is 1.99. The number of hydrogen-bond acceptors (Lipinski definition) is 2. The highest BCUT2D eigenvalue weighted by Crippen LogP contribution is 2.36. The summed E-state index contributed by atoms with van der Waals surface area (Å²) < 4.78 is 5.79. The van der Waals surface area contributed by atoms with E-state index < -0.39 is 0 Å². The number of carbonyl (C=O) groups excluding carboxylic acids is 1. The number of carbonyl (C=O) groups is 1. The van der Waals surface area contributed by atoms with Gasteiger partial charge in [0.25, 0.3) is 0 Å². The summed E-state index contributed by atoms with van der Waals surface area (Å²) in [5, 5.41) is 0. The summed E-state index contributed by atoms with van der Waals surface area (Å²) in [6, 6.07) is 6.28. The second-order valence-corrected chi connectivity index (χ2v) is 4.74. The lowest BCUT2D eigenvalue weighted by Gasteiger charge is -2.22. The molecule has 0 saturated heterocycles. The van der Waals surface area contributed by atoms with E-state index in [9.17, 15) is 4.79 Å². The van der Waals surface area contributed by atoms with Gasteiger partial charge in [-0.1, -0.05) is 18.2 Å². The smallest absolute Gasteiger partial charge is 0.155 e. The fourth-order valence-electron chi connectivity index (χ4n) is 2.65. The molecular weight excluding hydrogens is 212 g/mol. The molecule has 0 amide bonds. The number of fused-ring (bicyclic) bond motifs is 1. The van der Waals surface area contributed by atoms with E-state index in [-0.39, 0.29) is 5.78 Å². The Morgan fingerprint density at radius 1 is 1.06 bits per heavy atom. The van der Waals surface area contributed by atoms with Gasteiger partial charge < -0.3 is 4.74 Å². The Morgan fingerprint density at radius 2 is 2.00 bits per heavy atom. The zero-order valence-electron chi connectivity index (χ0n) is 9.87. The van der Waals surface area contributed by atoms with Gasteiger partial charge in [-0.15, -0.1) is 0 Å². The molecule has 1 aliphatic heterocycles. The maximum atomic E-state index is 11.5. The van der Waals surface area contributed by atoms with Crippen LogP contribution in [-0.4, -0.2) is 12.4 Å². The molecule has 0 fully saturated rings. The minimum atomic E-state index is 0.250. The van der Waals surface area contributed by atoms with Crippen molar-refractivity contribution in [2.24, 2.45) is 0 Å². The quantitative estimate of drug-likeness (QED) is 0.738. The Labute approximate surface area is 101 Å². The van der Waals surface area contributed by atoms with Crippen molar-refractivity contribution in [3.8, 4) is 5.75 Å². The van der Waals surface area contributed by atoms with Crippen LogP contribution in [0.3, 0.4) is 0 Å². The van der Waals surface area contributed by atoms with Gasteiger partial charge in [0, 0.05) is 12.0 Å². The van der Waals surface area contributed by atoms with Crippen LogP contribution in [-0.2, 0) is 11.2 Å². The van der Waals surface area contributed by atoms with Crippen LogP contribution in [0.5, 0.6) is 5.75 Å². The van der Waals surface area contributed by atoms with Crippen molar-refractivity contribution in [1.82, 2.24) is 0 Å². The molecule has 0 spiro atoms. The average molecular weight is 228 g/mol. The van der Waals surface area contributed by atoms with Gasteiger partial charge in [-0.3, -0.25) is 4.79 Å². The summed E-state index contributed by atoms with van der Waals surface area (Å²) in [5.41, 5.74) is 3.57. The predicted octanol–water partition coefficient (Wildman–Crippen LogP) is 3.15. The van der Waals surface area contributed by atoms with E-state index in [4.69, 9.17) is 4.74 Å². The fourth-order valence-corrected chi connectivity index (χ4v) is 2.65. The summed E-state index contributed by atoms with van der Waals surface area (Å²) in [6.45, 7) is 0.797. The van der Waals surface area contributed by atoms with Gasteiger partial charge in [-0.25, -0.2) is 0 Å². The maximum absolute atomic E-state index is 11.5. The Bertz CT molecular complexity index is 486. The molecule has 88 valence electrons. The SMILES string of the molecule is O=C1C=C(c2cccc3c2OCCC3)CCC1. The predicted molar refractivity (Wildman–Crippen MR) is 67.1 cm³/mol. The minimum absolute atomic E-state index is 0.250. The number of ether oxygens (including phenoxy) is 1. The molecule has 1 heterocycles. The molecular formula is C15H16O2. The summed E-state index contributed by atoms with van der Waals surface area (Å²) in [5.74, 6) is 1.26. The van der Waals surface area contributed by atoms with Crippen LogP contribution in [0.1, 0.15) is 36.8 Å². The number of allylic oxidation sites excluding steroid dienone is 2. The molecule has 0 unspecified atom stereocenters. The second kappa shape index (κ2) is 4.36. The normalized spacial score (nSPS) is 19.3. The van der Waals surface area contributed by atoms with Gasteiger partial charge in [0.2, 0.25) is 0 Å². The van der Waals surface area contributed by atoms with Gasteiger partial charge in [0.05, 0.1) is 6.61 Å². The van der Waals surface area contributed by atoms with Crippen molar-refractivity contribution in [1.29, 1.82) is 0 Å². The standard InChI is InChI=1S/C15H16O2/c16-13-7-1-5-12(10-13)14-8-2-4-11-6-3-9-17-15(11)14/h2,4,8,10H,1,3,5-7,9H2. The van der Waals surface area contributed by atoms with Crippen LogP contribution >= 0.6 is 0 Å². The van der Waals surface area contributed by atoms with E-state index in [0.29, 0.717) is 6.42 Å². The van der Waals surface area contributed by atoms with Gasteiger partial charge in [0.1, 0.15) is 5.75 Å². The third-order valence-corrected chi connectivity index (χ3v) is 3.48.